The van der Waals surface area contributed by atoms with E-state index in [2.05, 4.69) is 6.07 Å². The summed E-state index contributed by atoms with van der Waals surface area (Å²) in [5, 5.41) is 20.2. The third-order valence-corrected chi connectivity index (χ3v) is 5.98. The molecule has 28 heavy (non-hydrogen) atoms. The molecule has 0 saturated carbocycles. The van der Waals surface area contributed by atoms with Gasteiger partial charge in [-0.2, -0.15) is 5.26 Å². The number of nitrogens with zero attached hydrogens (tertiary/aromatic N) is 2. The molecule has 0 atom stereocenters. The lowest BCUT2D eigenvalue weighted by molar-refractivity contribution is -0.116. The number of aromatic hydroxyl groups is 1. The van der Waals surface area contributed by atoms with Crippen molar-refractivity contribution in [3.8, 4) is 11.8 Å². The molecule has 0 fully saturated rings. The van der Waals surface area contributed by atoms with Crippen LogP contribution in [0.15, 0.2) is 36.4 Å². The minimum atomic E-state index is -0.622. The van der Waals surface area contributed by atoms with Crippen molar-refractivity contribution in [2.75, 3.05) is 12.0 Å². The van der Waals surface area contributed by atoms with Crippen molar-refractivity contribution in [1.29, 1.82) is 5.26 Å². The summed E-state index contributed by atoms with van der Waals surface area (Å²) in [6, 6.07) is 12.0. The Morgan fingerprint density at radius 3 is 2.64 bits per heavy atom. The first-order valence-corrected chi connectivity index (χ1v) is 9.36. The summed E-state index contributed by atoms with van der Waals surface area (Å²) >= 11 is 7.32. The average molecular weight is 415 g/mol. The lowest BCUT2D eigenvalue weighted by Gasteiger charge is -2.21. The number of esters is 1. The Hall–Kier alpha value is -3.08. The summed E-state index contributed by atoms with van der Waals surface area (Å²) in [7, 11) is 1.25. The molecule has 8 heteroatoms. The molecular formula is C20H15ClN2O4S. The van der Waals surface area contributed by atoms with Gasteiger partial charge in [-0.3, -0.25) is 9.69 Å². The Balaban J connectivity index is 2.23. The number of halogens is 1. The molecule has 142 valence electrons. The van der Waals surface area contributed by atoms with Crippen molar-refractivity contribution in [3.05, 3.63) is 58.1 Å². The van der Waals surface area contributed by atoms with Crippen molar-refractivity contribution >= 4 is 49.9 Å². The van der Waals surface area contributed by atoms with Gasteiger partial charge in [-0.25, -0.2) is 4.79 Å². The minimum Gasteiger partial charge on any atom is -0.506 e. The van der Waals surface area contributed by atoms with E-state index in [1.165, 1.54) is 25.0 Å². The number of carbonyl (C=O) groups is 2. The predicted octanol–water partition coefficient (Wildman–Crippen LogP) is 4.47. The van der Waals surface area contributed by atoms with Gasteiger partial charge in [0.25, 0.3) is 0 Å². The van der Waals surface area contributed by atoms with Crippen LogP contribution in [0.4, 0.5) is 5.00 Å². The molecule has 0 radical (unpaired) electrons. The zero-order valence-corrected chi connectivity index (χ0v) is 16.6. The van der Waals surface area contributed by atoms with Gasteiger partial charge in [-0.1, -0.05) is 29.8 Å². The third kappa shape index (κ3) is 3.40. The molecule has 2 aromatic carbocycles. The highest BCUT2D eigenvalue weighted by Gasteiger charge is 2.28. The molecule has 3 rings (SSSR count). The molecular weight excluding hydrogens is 400 g/mol. The van der Waals surface area contributed by atoms with Crippen LogP contribution in [0.1, 0.15) is 28.4 Å². The van der Waals surface area contributed by atoms with Gasteiger partial charge in [-0.15, -0.1) is 11.3 Å². The van der Waals surface area contributed by atoms with Gasteiger partial charge >= 0.3 is 5.97 Å². The van der Waals surface area contributed by atoms with Gasteiger partial charge in [0.05, 0.1) is 30.0 Å². The van der Waals surface area contributed by atoms with Crippen LogP contribution >= 0.6 is 22.9 Å². The predicted molar refractivity (Wildman–Crippen MR) is 108 cm³/mol. The van der Waals surface area contributed by atoms with E-state index in [0.29, 0.717) is 26.2 Å². The van der Waals surface area contributed by atoms with E-state index in [1.54, 1.807) is 30.3 Å². The van der Waals surface area contributed by atoms with Crippen LogP contribution in [0.3, 0.4) is 0 Å². The second-order valence-electron chi connectivity index (χ2n) is 5.92. The molecule has 1 N–H and O–H groups in total. The average Bonchev–Trinajstić information content (AvgIpc) is 3.08. The first-order chi connectivity index (χ1) is 13.4. The molecule has 0 spiro atoms. The summed E-state index contributed by atoms with van der Waals surface area (Å²) in [4.78, 5) is 26.4. The molecule has 0 saturated heterocycles. The highest BCUT2D eigenvalue weighted by atomic mass is 35.5. The van der Waals surface area contributed by atoms with Crippen LogP contribution in [-0.4, -0.2) is 24.1 Å². The van der Waals surface area contributed by atoms with Crippen LogP contribution in [0, 0.1) is 11.3 Å². The number of anilines is 1. The topological polar surface area (TPSA) is 90.6 Å². The van der Waals surface area contributed by atoms with Crippen LogP contribution in [0.5, 0.6) is 5.75 Å². The standard InChI is InChI=1S/C20H15ClN2O4S/c1-11(24)23(10-13-6-4-3-5-12(13)9-22)19-16(20(26)27-2)14-7-8-15(25)17(21)18(14)28-19/h3-8,25H,10H2,1-2H3. The minimum absolute atomic E-state index is 0.0967. The maximum atomic E-state index is 12.5. The Labute approximate surface area is 170 Å². The fraction of sp³-hybridized carbons (Fsp3) is 0.150. The number of thiophene rings is 1. The monoisotopic (exact) mass is 414 g/mol. The Morgan fingerprint density at radius 1 is 1.29 bits per heavy atom. The van der Waals surface area contributed by atoms with E-state index in [9.17, 15) is 20.0 Å². The fourth-order valence-electron chi connectivity index (χ4n) is 2.86. The molecule has 0 aliphatic carbocycles. The molecule has 6 nitrogen and oxygen atoms in total. The highest BCUT2D eigenvalue weighted by molar-refractivity contribution is 7.24. The van der Waals surface area contributed by atoms with Crippen LogP contribution in [0.25, 0.3) is 10.1 Å². The zero-order chi connectivity index (χ0) is 20.4. The van der Waals surface area contributed by atoms with Crippen molar-refractivity contribution in [3.63, 3.8) is 0 Å². The number of ether oxygens (including phenoxy) is 1. The number of amides is 1. The van der Waals surface area contributed by atoms with Crippen molar-refractivity contribution < 1.29 is 19.4 Å². The summed E-state index contributed by atoms with van der Waals surface area (Å²) in [5.41, 5.74) is 1.27. The van der Waals surface area contributed by atoms with Gasteiger partial charge in [0.15, 0.2) is 0 Å². The second-order valence-corrected chi connectivity index (χ2v) is 7.30. The van der Waals surface area contributed by atoms with E-state index >= 15 is 0 Å². The van der Waals surface area contributed by atoms with Crippen LogP contribution < -0.4 is 4.90 Å². The quantitative estimate of drug-likeness (QED) is 0.636. The molecule has 0 unspecified atom stereocenters. The zero-order valence-electron chi connectivity index (χ0n) is 15.0. The fourth-order valence-corrected chi connectivity index (χ4v) is 4.41. The number of phenols is 1. The van der Waals surface area contributed by atoms with Gasteiger partial charge in [0.1, 0.15) is 21.3 Å². The number of hydrogen-bond donors (Lipinski definition) is 1. The van der Waals surface area contributed by atoms with Crippen molar-refractivity contribution in [2.24, 2.45) is 0 Å². The maximum absolute atomic E-state index is 12.5. The number of hydrogen-bond acceptors (Lipinski definition) is 6. The molecule has 1 amide bonds. The lowest BCUT2D eigenvalue weighted by Crippen LogP contribution is -2.29. The van der Waals surface area contributed by atoms with Gasteiger partial charge in [0, 0.05) is 12.3 Å². The SMILES string of the molecule is COC(=O)c1c(N(Cc2ccccc2C#N)C(C)=O)sc2c(Cl)c(O)ccc12. The lowest BCUT2D eigenvalue weighted by atomic mass is 10.1. The number of methoxy groups -OCH3 is 1. The third-order valence-electron chi connectivity index (χ3n) is 4.24. The molecule has 0 bridgehead atoms. The molecule has 3 aromatic rings. The first kappa shape index (κ1) is 19.7. The second kappa shape index (κ2) is 7.89. The normalized spacial score (nSPS) is 10.5. The molecule has 0 aliphatic heterocycles. The van der Waals surface area contributed by atoms with Crippen LogP contribution in [-0.2, 0) is 16.1 Å². The largest absolute Gasteiger partial charge is 0.506 e. The number of benzene rings is 2. The number of carbonyl (C=O) groups excluding carboxylic acids is 2. The molecule has 1 aromatic heterocycles. The number of fused-ring (bicyclic) bond motifs is 1. The Bertz CT molecular complexity index is 1130. The smallest absolute Gasteiger partial charge is 0.341 e. The number of nitriles is 1. The molecule has 1 heterocycles. The van der Waals surface area contributed by atoms with E-state index < -0.39 is 5.97 Å². The number of phenolic OH excluding ortho intramolecular Hbond substituents is 1. The van der Waals surface area contributed by atoms with Gasteiger partial charge in [-0.05, 0) is 23.8 Å². The van der Waals surface area contributed by atoms with E-state index in [4.69, 9.17) is 16.3 Å². The Morgan fingerprint density at radius 2 is 2.00 bits per heavy atom. The van der Waals surface area contributed by atoms with E-state index in [-0.39, 0.29) is 28.8 Å². The van der Waals surface area contributed by atoms with E-state index in [1.807, 2.05) is 0 Å². The van der Waals surface area contributed by atoms with E-state index in [0.717, 1.165) is 11.3 Å². The highest BCUT2D eigenvalue weighted by Crippen LogP contribution is 2.45. The van der Waals surface area contributed by atoms with Gasteiger partial charge < -0.3 is 9.84 Å². The first-order valence-electron chi connectivity index (χ1n) is 8.17. The summed E-state index contributed by atoms with van der Waals surface area (Å²) in [6.07, 6.45) is 0. The summed E-state index contributed by atoms with van der Waals surface area (Å²) < 4.78 is 5.38. The maximum Gasteiger partial charge on any atom is 0.341 e. The van der Waals surface area contributed by atoms with Gasteiger partial charge in [0.2, 0.25) is 5.91 Å². The summed E-state index contributed by atoms with van der Waals surface area (Å²) in [5.74, 6) is -1.06. The molecule has 0 aliphatic rings. The van der Waals surface area contributed by atoms with Crippen LogP contribution in [0.2, 0.25) is 5.02 Å². The van der Waals surface area contributed by atoms with Crippen molar-refractivity contribution in [1.82, 2.24) is 0 Å². The summed E-state index contributed by atoms with van der Waals surface area (Å²) in [6.45, 7) is 1.47. The van der Waals surface area contributed by atoms with Crippen molar-refractivity contribution in [2.45, 2.75) is 13.5 Å². The Kier molecular flexibility index (Phi) is 5.54. The number of rotatable bonds is 4.